The highest BCUT2D eigenvalue weighted by atomic mass is 19.4. The summed E-state index contributed by atoms with van der Waals surface area (Å²) in [6.07, 6.45) is -4.32. The quantitative estimate of drug-likeness (QED) is 0.804. The Labute approximate surface area is 115 Å². The van der Waals surface area contributed by atoms with E-state index in [1.54, 1.807) is 0 Å². The van der Waals surface area contributed by atoms with Gasteiger partial charge in [0.1, 0.15) is 5.82 Å². The van der Waals surface area contributed by atoms with Crippen molar-refractivity contribution in [1.29, 1.82) is 0 Å². The maximum absolute atomic E-state index is 12.7. The maximum Gasteiger partial charge on any atom is 0.416 e. The van der Waals surface area contributed by atoms with Crippen molar-refractivity contribution in [3.8, 4) is 0 Å². The number of nitrogens with one attached hydrogen (secondary N) is 1. The Balaban J connectivity index is 2.05. The molecule has 0 amide bonds. The zero-order chi connectivity index (χ0) is 14.9. The number of imidazole rings is 1. The molecule has 1 N–H and O–H groups in total. The van der Waals surface area contributed by atoms with E-state index in [9.17, 15) is 13.2 Å². The first-order chi connectivity index (χ1) is 9.05. The summed E-state index contributed by atoms with van der Waals surface area (Å²) >= 11 is 0. The Morgan fingerprint density at radius 3 is 2.20 bits per heavy atom. The van der Waals surface area contributed by atoms with E-state index < -0.39 is 11.7 Å². The molecular formula is C15H17F3N2. The second-order valence-corrected chi connectivity index (χ2v) is 6.73. The summed E-state index contributed by atoms with van der Waals surface area (Å²) < 4.78 is 38.1. The molecule has 0 atom stereocenters. The number of benzene rings is 1. The van der Waals surface area contributed by atoms with Crippen LogP contribution in [0.25, 0.3) is 11.0 Å². The minimum absolute atomic E-state index is 0.105. The van der Waals surface area contributed by atoms with Crippen LogP contribution in [0.15, 0.2) is 18.2 Å². The third-order valence-corrected chi connectivity index (χ3v) is 5.12. The van der Waals surface area contributed by atoms with E-state index in [1.165, 1.54) is 6.07 Å². The van der Waals surface area contributed by atoms with Gasteiger partial charge in [-0.15, -0.1) is 0 Å². The van der Waals surface area contributed by atoms with E-state index in [4.69, 9.17) is 0 Å². The zero-order valence-electron chi connectivity index (χ0n) is 11.9. The van der Waals surface area contributed by atoms with Gasteiger partial charge in [-0.25, -0.2) is 4.98 Å². The summed E-state index contributed by atoms with van der Waals surface area (Å²) in [5.41, 5.74) is 0.607. The lowest BCUT2D eigenvalue weighted by atomic mass is 10.0. The Morgan fingerprint density at radius 2 is 1.70 bits per heavy atom. The molecule has 2 nitrogen and oxygen atoms in total. The number of aromatic amines is 1. The van der Waals surface area contributed by atoms with Gasteiger partial charge < -0.3 is 4.98 Å². The summed E-state index contributed by atoms with van der Waals surface area (Å²) in [5.74, 6) is 1.03. The van der Waals surface area contributed by atoms with Crippen molar-refractivity contribution in [3.63, 3.8) is 0 Å². The molecule has 20 heavy (non-hydrogen) atoms. The van der Waals surface area contributed by atoms with E-state index in [2.05, 4.69) is 37.7 Å². The predicted octanol–water partition coefficient (Wildman–Crippen LogP) is 4.73. The lowest BCUT2D eigenvalue weighted by molar-refractivity contribution is -0.137. The number of rotatable bonds is 1. The molecule has 0 aliphatic heterocycles. The molecule has 2 aromatic rings. The van der Waals surface area contributed by atoms with Crippen LogP contribution in [0, 0.1) is 10.8 Å². The molecule has 108 valence electrons. The Kier molecular flexibility index (Phi) is 2.40. The van der Waals surface area contributed by atoms with Crippen LogP contribution in [-0.2, 0) is 6.18 Å². The molecule has 1 aliphatic rings. The molecule has 1 aromatic carbocycles. The number of aromatic nitrogens is 2. The maximum atomic E-state index is 12.7. The molecule has 1 heterocycles. The van der Waals surface area contributed by atoms with E-state index in [0.29, 0.717) is 11.0 Å². The number of hydrogen-bond donors (Lipinski definition) is 1. The highest BCUT2D eigenvalue weighted by Crippen LogP contribution is 2.73. The molecule has 0 radical (unpaired) electrons. The largest absolute Gasteiger partial charge is 0.416 e. The first kappa shape index (κ1) is 13.5. The number of hydrogen-bond acceptors (Lipinski definition) is 1. The molecule has 5 heteroatoms. The molecule has 1 fully saturated rings. The molecule has 1 aliphatic carbocycles. The molecule has 1 aromatic heterocycles. The topological polar surface area (TPSA) is 28.7 Å². The zero-order valence-corrected chi connectivity index (χ0v) is 11.9. The summed E-state index contributed by atoms with van der Waals surface area (Å²) in [6, 6.07) is 3.64. The van der Waals surface area contributed by atoms with Gasteiger partial charge in [0.05, 0.1) is 16.6 Å². The average molecular weight is 282 g/mol. The fourth-order valence-electron chi connectivity index (χ4n) is 3.22. The van der Waals surface area contributed by atoms with Gasteiger partial charge >= 0.3 is 6.18 Å². The summed E-state index contributed by atoms with van der Waals surface area (Å²) in [4.78, 5) is 7.54. The van der Waals surface area contributed by atoms with Crippen molar-refractivity contribution in [2.75, 3.05) is 0 Å². The average Bonchev–Trinajstić information content (AvgIpc) is 2.60. The molecular weight excluding hydrogens is 265 g/mol. The lowest BCUT2D eigenvalue weighted by Gasteiger charge is -2.05. The van der Waals surface area contributed by atoms with Gasteiger partial charge in [-0.3, -0.25) is 0 Å². The van der Waals surface area contributed by atoms with Crippen molar-refractivity contribution in [2.24, 2.45) is 10.8 Å². The van der Waals surface area contributed by atoms with Crippen LogP contribution in [0.3, 0.4) is 0 Å². The van der Waals surface area contributed by atoms with Gasteiger partial charge in [-0.2, -0.15) is 13.2 Å². The van der Waals surface area contributed by atoms with Gasteiger partial charge in [-0.1, -0.05) is 27.7 Å². The van der Waals surface area contributed by atoms with E-state index in [1.807, 2.05) is 0 Å². The first-order valence-electron chi connectivity index (χ1n) is 6.62. The summed E-state index contributed by atoms with van der Waals surface area (Å²) in [7, 11) is 0. The van der Waals surface area contributed by atoms with Gasteiger partial charge in [0.15, 0.2) is 0 Å². The highest BCUT2D eigenvalue weighted by molar-refractivity contribution is 5.76. The van der Waals surface area contributed by atoms with Crippen LogP contribution in [0.2, 0.25) is 0 Å². The van der Waals surface area contributed by atoms with E-state index in [0.717, 1.165) is 18.0 Å². The number of fused-ring (bicyclic) bond motifs is 1. The highest BCUT2D eigenvalue weighted by Gasteiger charge is 2.66. The second-order valence-electron chi connectivity index (χ2n) is 6.73. The molecule has 0 spiro atoms. The second kappa shape index (κ2) is 3.57. The Morgan fingerprint density at radius 1 is 1.10 bits per heavy atom. The van der Waals surface area contributed by atoms with Crippen LogP contribution >= 0.6 is 0 Å². The first-order valence-corrected chi connectivity index (χ1v) is 6.62. The third kappa shape index (κ3) is 1.68. The fourth-order valence-corrected chi connectivity index (χ4v) is 3.22. The molecule has 3 rings (SSSR count). The Bertz CT molecular complexity index is 666. The molecule has 0 bridgehead atoms. The minimum atomic E-state index is -4.32. The lowest BCUT2D eigenvalue weighted by Crippen LogP contribution is -2.04. The monoisotopic (exact) mass is 282 g/mol. The molecule has 0 saturated heterocycles. The third-order valence-electron chi connectivity index (χ3n) is 5.12. The van der Waals surface area contributed by atoms with Gasteiger partial charge in [-0.05, 0) is 29.0 Å². The minimum Gasteiger partial charge on any atom is -0.342 e. The van der Waals surface area contributed by atoms with Crippen molar-refractivity contribution < 1.29 is 13.2 Å². The number of nitrogens with zero attached hydrogens (tertiary/aromatic N) is 1. The standard InChI is InChI=1S/C15H17F3N2/c1-13(2)11(14(13,3)4)12-19-9-6-5-8(15(16,17)18)7-10(9)20-12/h5-7,11H,1-4H3,(H,19,20). The van der Waals surface area contributed by atoms with Gasteiger partial charge in [0.25, 0.3) is 0 Å². The van der Waals surface area contributed by atoms with Crippen LogP contribution in [0.4, 0.5) is 13.2 Å². The normalized spacial score (nSPS) is 21.4. The Hall–Kier alpha value is -1.52. The molecule has 0 unspecified atom stereocenters. The van der Waals surface area contributed by atoms with Crippen molar-refractivity contribution in [3.05, 3.63) is 29.6 Å². The predicted molar refractivity (Wildman–Crippen MR) is 71.4 cm³/mol. The van der Waals surface area contributed by atoms with Gasteiger partial charge in [0, 0.05) is 5.92 Å². The number of halogens is 3. The van der Waals surface area contributed by atoms with Crippen molar-refractivity contribution in [2.45, 2.75) is 39.8 Å². The van der Waals surface area contributed by atoms with Crippen LogP contribution in [0.5, 0.6) is 0 Å². The van der Waals surface area contributed by atoms with E-state index in [-0.39, 0.29) is 16.7 Å². The van der Waals surface area contributed by atoms with Crippen molar-refractivity contribution >= 4 is 11.0 Å². The van der Waals surface area contributed by atoms with Crippen LogP contribution in [-0.4, -0.2) is 9.97 Å². The fraction of sp³-hybridized carbons (Fsp3) is 0.533. The SMILES string of the molecule is CC1(C)C(c2nc3ccc(C(F)(F)F)cc3[nH]2)C1(C)C. The van der Waals surface area contributed by atoms with Crippen LogP contribution in [0.1, 0.15) is 45.0 Å². The smallest absolute Gasteiger partial charge is 0.342 e. The molecule has 1 saturated carbocycles. The van der Waals surface area contributed by atoms with Gasteiger partial charge in [0.2, 0.25) is 0 Å². The summed E-state index contributed by atoms with van der Waals surface area (Å²) in [6.45, 7) is 8.63. The van der Waals surface area contributed by atoms with E-state index >= 15 is 0 Å². The number of H-pyrrole nitrogens is 1. The number of alkyl halides is 3. The summed E-state index contributed by atoms with van der Waals surface area (Å²) in [5, 5.41) is 0. The van der Waals surface area contributed by atoms with Crippen molar-refractivity contribution in [1.82, 2.24) is 9.97 Å². The van der Waals surface area contributed by atoms with Crippen LogP contribution < -0.4 is 0 Å².